The highest BCUT2D eigenvalue weighted by Gasteiger charge is 2.19. The summed E-state index contributed by atoms with van der Waals surface area (Å²) in [6, 6.07) is 15.5. The molecule has 0 bridgehead atoms. The minimum Gasteiger partial charge on any atom is -0.351 e. The van der Waals surface area contributed by atoms with Gasteiger partial charge in [-0.05, 0) is 48.4 Å². The second kappa shape index (κ2) is 7.32. The number of fused-ring (bicyclic) bond motifs is 1. The smallest absolute Gasteiger partial charge is 0.263 e. The first kappa shape index (κ1) is 16.8. The van der Waals surface area contributed by atoms with Crippen molar-refractivity contribution in [2.75, 3.05) is 6.54 Å². The molecular formula is C20H16ClN3OS. The highest BCUT2D eigenvalue weighted by molar-refractivity contribution is 7.21. The Morgan fingerprint density at radius 1 is 1.12 bits per heavy atom. The van der Waals surface area contributed by atoms with Crippen LogP contribution < -0.4 is 5.32 Å². The van der Waals surface area contributed by atoms with Gasteiger partial charge in [0.25, 0.3) is 5.91 Å². The van der Waals surface area contributed by atoms with Crippen molar-refractivity contribution in [3.05, 3.63) is 82.6 Å². The van der Waals surface area contributed by atoms with E-state index in [0.717, 1.165) is 27.9 Å². The Hall–Kier alpha value is -2.63. The van der Waals surface area contributed by atoms with Gasteiger partial charge in [-0.25, -0.2) is 4.98 Å². The first-order valence-electron chi connectivity index (χ1n) is 8.26. The molecule has 0 aliphatic heterocycles. The number of nitrogens with zero attached hydrogens (tertiary/aromatic N) is 2. The molecule has 0 fully saturated rings. The molecule has 4 nitrogen and oxygen atoms in total. The fraction of sp³-hybridized carbons (Fsp3) is 0.100. The lowest BCUT2D eigenvalue weighted by atomic mass is 10.1. The predicted octanol–water partition coefficient (Wildman–Crippen LogP) is 4.71. The number of carbonyl (C=O) groups is 1. The first-order chi connectivity index (χ1) is 12.7. The average molecular weight is 382 g/mol. The highest BCUT2D eigenvalue weighted by Crippen LogP contribution is 2.32. The van der Waals surface area contributed by atoms with Crippen LogP contribution in [0.1, 0.15) is 15.2 Å². The molecule has 0 unspecified atom stereocenters. The molecule has 3 heterocycles. The van der Waals surface area contributed by atoms with Crippen molar-refractivity contribution in [3.8, 4) is 5.69 Å². The lowest BCUT2D eigenvalue weighted by Crippen LogP contribution is -2.25. The van der Waals surface area contributed by atoms with Crippen LogP contribution >= 0.6 is 22.9 Å². The standard InChI is InChI=1S/C20H16ClN3OS/c21-15-7-5-14(6-8-15)9-11-22-19(25)18-17(24-12-1-2-13-24)16-4-3-10-23-20(16)26-18/h1-8,10,12-13H,9,11H2,(H,22,25). The number of rotatable bonds is 5. The molecule has 4 rings (SSSR count). The summed E-state index contributed by atoms with van der Waals surface area (Å²) in [5, 5.41) is 4.72. The predicted molar refractivity (Wildman–Crippen MR) is 106 cm³/mol. The van der Waals surface area contributed by atoms with E-state index < -0.39 is 0 Å². The molecule has 0 aliphatic rings. The first-order valence-corrected chi connectivity index (χ1v) is 9.45. The Labute approximate surface area is 160 Å². The van der Waals surface area contributed by atoms with Crippen LogP contribution in [0, 0.1) is 0 Å². The summed E-state index contributed by atoms with van der Waals surface area (Å²) in [5.41, 5.74) is 2.02. The average Bonchev–Trinajstić information content (AvgIpc) is 3.30. The van der Waals surface area contributed by atoms with Crippen LogP contribution in [0.5, 0.6) is 0 Å². The molecule has 0 atom stereocenters. The van der Waals surface area contributed by atoms with Gasteiger partial charge in [-0.15, -0.1) is 11.3 Å². The molecule has 0 saturated heterocycles. The van der Waals surface area contributed by atoms with Crippen LogP contribution in [-0.4, -0.2) is 22.0 Å². The third-order valence-corrected chi connectivity index (χ3v) is 5.47. The van der Waals surface area contributed by atoms with E-state index in [1.807, 2.05) is 65.5 Å². The van der Waals surface area contributed by atoms with Crippen LogP contribution in [0.3, 0.4) is 0 Å². The van der Waals surface area contributed by atoms with E-state index in [4.69, 9.17) is 11.6 Å². The summed E-state index contributed by atoms with van der Waals surface area (Å²) in [4.78, 5) is 18.7. The summed E-state index contributed by atoms with van der Waals surface area (Å²) >= 11 is 7.32. The SMILES string of the molecule is O=C(NCCc1ccc(Cl)cc1)c1sc2ncccc2c1-n1cccc1. The Balaban J connectivity index is 1.56. The zero-order valence-corrected chi connectivity index (χ0v) is 15.4. The lowest BCUT2D eigenvalue weighted by molar-refractivity contribution is 0.0958. The number of pyridine rings is 1. The van der Waals surface area contributed by atoms with Gasteiger partial charge in [-0.1, -0.05) is 23.7 Å². The van der Waals surface area contributed by atoms with Gasteiger partial charge in [0, 0.05) is 35.5 Å². The topological polar surface area (TPSA) is 46.9 Å². The number of hydrogen-bond acceptors (Lipinski definition) is 3. The summed E-state index contributed by atoms with van der Waals surface area (Å²) in [6.07, 6.45) is 6.39. The fourth-order valence-corrected chi connectivity index (χ4v) is 4.05. The molecule has 1 amide bonds. The molecule has 1 aromatic carbocycles. The number of aromatic nitrogens is 2. The van der Waals surface area contributed by atoms with E-state index in [1.54, 1.807) is 6.20 Å². The Kier molecular flexibility index (Phi) is 4.73. The molecule has 0 aliphatic carbocycles. The van der Waals surface area contributed by atoms with Gasteiger partial charge in [0.15, 0.2) is 0 Å². The maximum atomic E-state index is 12.8. The van der Waals surface area contributed by atoms with E-state index >= 15 is 0 Å². The Morgan fingerprint density at radius 2 is 1.88 bits per heavy atom. The van der Waals surface area contributed by atoms with E-state index in [-0.39, 0.29) is 5.91 Å². The maximum absolute atomic E-state index is 12.8. The Bertz CT molecular complexity index is 1040. The number of carbonyl (C=O) groups excluding carboxylic acids is 1. The van der Waals surface area contributed by atoms with Gasteiger partial charge < -0.3 is 9.88 Å². The fourth-order valence-electron chi connectivity index (χ4n) is 2.87. The molecule has 6 heteroatoms. The van der Waals surface area contributed by atoms with Gasteiger partial charge in [0.05, 0.1) is 5.69 Å². The molecule has 1 N–H and O–H groups in total. The van der Waals surface area contributed by atoms with E-state index in [9.17, 15) is 4.79 Å². The number of halogens is 1. The van der Waals surface area contributed by atoms with Crippen molar-refractivity contribution < 1.29 is 4.79 Å². The van der Waals surface area contributed by atoms with Crippen molar-refractivity contribution in [1.29, 1.82) is 0 Å². The molecule has 3 aromatic heterocycles. The van der Waals surface area contributed by atoms with Gasteiger partial charge in [0.1, 0.15) is 9.71 Å². The van der Waals surface area contributed by atoms with Crippen molar-refractivity contribution in [2.24, 2.45) is 0 Å². The van der Waals surface area contributed by atoms with Gasteiger partial charge in [-0.3, -0.25) is 4.79 Å². The van der Waals surface area contributed by atoms with Crippen molar-refractivity contribution >= 4 is 39.1 Å². The van der Waals surface area contributed by atoms with Gasteiger partial charge in [0.2, 0.25) is 0 Å². The third-order valence-electron chi connectivity index (χ3n) is 4.12. The minimum atomic E-state index is -0.0781. The summed E-state index contributed by atoms with van der Waals surface area (Å²) < 4.78 is 1.97. The molecule has 0 radical (unpaired) electrons. The van der Waals surface area contributed by atoms with Crippen LogP contribution in [-0.2, 0) is 6.42 Å². The molecule has 4 aromatic rings. The molecule has 0 spiro atoms. The monoisotopic (exact) mass is 381 g/mol. The van der Waals surface area contributed by atoms with Crippen LogP contribution in [0.2, 0.25) is 5.02 Å². The van der Waals surface area contributed by atoms with Crippen molar-refractivity contribution in [1.82, 2.24) is 14.9 Å². The summed E-state index contributed by atoms with van der Waals surface area (Å²) in [6.45, 7) is 0.563. The summed E-state index contributed by atoms with van der Waals surface area (Å²) in [7, 11) is 0. The van der Waals surface area contributed by atoms with Crippen LogP contribution in [0.25, 0.3) is 15.9 Å². The van der Waals surface area contributed by atoms with E-state index in [2.05, 4.69) is 10.3 Å². The Morgan fingerprint density at radius 3 is 2.65 bits per heavy atom. The van der Waals surface area contributed by atoms with Crippen molar-refractivity contribution in [3.63, 3.8) is 0 Å². The van der Waals surface area contributed by atoms with Gasteiger partial charge >= 0.3 is 0 Å². The number of nitrogens with one attached hydrogen (secondary N) is 1. The largest absolute Gasteiger partial charge is 0.351 e. The normalized spacial score (nSPS) is 11.0. The van der Waals surface area contributed by atoms with E-state index in [1.165, 1.54) is 11.3 Å². The second-order valence-corrected chi connectivity index (χ2v) is 7.29. The molecule has 26 heavy (non-hydrogen) atoms. The minimum absolute atomic E-state index is 0.0781. The third kappa shape index (κ3) is 3.36. The number of hydrogen-bond donors (Lipinski definition) is 1. The zero-order valence-electron chi connectivity index (χ0n) is 13.9. The zero-order chi connectivity index (χ0) is 17.9. The summed E-state index contributed by atoms with van der Waals surface area (Å²) in [5.74, 6) is -0.0781. The highest BCUT2D eigenvalue weighted by atomic mass is 35.5. The lowest BCUT2D eigenvalue weighted by Gasteiger charge is -2.08. The molecular weight excluding hydrogens is 366 g/mol. The number of benzene rings is 1. The maximum Gasteiger partial charge on any atom is 0.263 e. The van der Waals surface area contributed by atoms with Gasteiger partial charge in [-0.2, -0.15) is 0 Å². The van der Waals surface area contributed by atoms with Crippen molar-refractivity contribution in [2.45, 2.75) is 6.42 Å². The number of amides is 1. The van der Waals surface area contributed by atoms with Crippen LogP contribution in [0.15, 0.2) is 67.1 Å². The molecule has 130 valence electrons. The number of thiophene rings is 1. The molecule has 0 saturated carbocycles. The van der Waals surface area contributed by atoms with E-state index in [0.29, 0.717) is 16.4 Å². The second-order valence-electron chi connectivity index (χ2n) is 5.86. The quantitative estimate of drug-likeness (QED) is 0.544. The van der Waals surface area contributed by atoms with Crippen LogP contribution in [0.4, 0.5) is 0 Å².